The average molecular weight is 211 g/mol. The van der Waals surface area contributed by atoms with Gasteiger partial charge in [0.05, 0.1) is 13.3 Å². The predicted molar refractivity (Wildman–Crippen MR) is 37.4 cm³/mol. The first-order chi connectivity index (χ1) is 6.42. The van der Waals surface area contributed by atoms with Crippen LogP contribution in [0.25, 0.3) is 0 Å². The Bertz CT molecular complexity index is 326. The molecule has 0 fully saturated rings. The molecule has 0 aliphatic rings. The molecule has 0 bridgehead atoms. The van der Waals surface area contributed by atoms with Crippen molar-refractivity contribution >= 4 is 0 Å². The van der Waals surface area contributed by atoms with Gasteiger partial charge in [0.25, 0.3) is 0 Å². The number of nitrogens with zero attached hydrogens (tertiary/aromatic N) is 1. The average Bonchev–Trinajstić information content (AvgIpc) is 2.06. The van der Waals surface area contributed by atoms with E-state index < -0.39 is 18.1 Å². The number of hydrogen-bond donors (Lipinski definition) is 0. The Labute approximate surface area is 76.3 Å². The Morgan fingerprint density at radius 2 is 1.93 bits per heavy atom. The Morgan fingerprint density at radius 3 is 2.43 bits per heavy atom. The SMILES string of the molecule is COc1cc(F)ncc1OC(F)(F)F. The minimum atomic E-state index is -4.85. The Hall–Kier alpha value is -1.53. The van der Waals surface area contributed by atoms with Crippen molar-refractivity contribution in [3.05, 3.63) is 18.2 Å². The second kappa shape index (κ2) is 3.69. The van der Waals surface area contributed by atoms with Crippen molar-refractivity contribution in [2.45, 2.75) is 6.36 Å². The van der Waals surface area contributed by atoms with Crippen molar-refractivity contribution in [1.29, 1.82) is 0 Å². The molecule has 0 aliphatic heterocycles. The van der Waals surface area contributed by atoms with Gasteiger partial charge in [-0.2, -0.15) is 4.39 Å². The predicted octanol–water partition coefficient (Wildman–Crippen LogP) is 2.13. The second-order valence-corrected chi connectivity index (χ2v) is 2.21. The first-order valence-corrected chi connectivity index (χ1v) is 3.37. The lowest BCUT2D eigenvalue weighted by Crippen LogP contribution is -2.17. The highest BCUT2D eigenvalue weighted by Gasteiger charge is 2.32. The van der Waals surface area contributed by atoms with Gasteiger partial charge < -0.3 is 9.47 Å². The molecule has 78 valence electrons. The van der Waals surface area contributed by atoms with Gasteiger partial charge in [0, 0.05) is 6.07 Å². The second-order valence-electron chi connectivity index (χ2n) is 2.21. The zero-order valence-corrected chi connectivity index (χ0v) is 6.93. The van der Waals surface area contributed by atoms with Crippen LogP contribution in [-0.4, -0.2) is 18.5 Å². The Balaban J connectivity index is 2.97. The molecule has 1 rings (SSSR count). The maximum absolute atomic E-state index is 12.4. The zero-order chi connectivity index (χ0) is 10.8. The third-order valence-electron chi connectivity index (χ3n) is 1.24. The highest BCUT2D eigenvalue weighted by molar-refractivity contribution is 5.36. The minimum Gasteiger partial charge on any atom is -0.493 e. The van der Waals surface area contributed by atoms with E-state index in [9.17, 15) is 17.6 Å². The normalized spacial score (nSPS) is 11.2. The first-order valence-electron chi connectivity index (χ1n) is 3.37. The maximum Gasteiger partial charge on any atom is 0.573 e. The van der Waals surface area contributed by atoms with E-state index in [2.05, 4.69) is 14.5 Å². The van der Waals surface area contributed by atoms with Gasteiger partial charge in [0.2, 0.25) is 5.95 Å². The first kappa shape index (κ1) is 10.6. The van der Waals surface area contributed by atoms with Crippen LogP contribution in [0.2, 0.25) is 0 Å². The quantitative estimate of drug-likeness (QED) is 0.554. The van der Waals surface area contributed by atoms with Crippen molar-refractivity contribution in [3.8, 4) is 11.5 Å². The van der Waals surface area contributed by atoms with Crippen molar-refractivity contribution in [2.75, 3.05) is 7.11 Å². The van der Waals surface area contributed by atoms with Crippen molar-refractivity contribution in [3.63, 3.8) is 0 Å². The standard InChI is InChI=1S/C7H5F4NO2/c1-13-4-2-6(8)12-3-5(4)14-7(9,10)11/h2-3H,1H3. The highest BCUT2D eigenvalue weighted by atomic mass is 19.4. The summed E-state index contributed by atoms with van der Waals surface area (Å²) in [7, 11) is 1.10. The number of ether oxygens (including phenoxy) is 2. The minimum absolute atomic E-state index is 0.366. The number of alkyl halides is 3. The molecule has 0 aliphatic carbocycles. The summed E-state index contributed by atoms with van der Waals surface area (Å²) in [5, 5.41) is 0. The molecule has 0 atom stereocenters. The van der Waals surface area contributed by atoms with Gasteiger partial charge in [0.1, 0.15) is 0 Å². The molecular weight excluding hydrogens is 206 g/mol. The fourth-order valence-electron chi connectivity index (χ4n) is 0.761. The van der Waals surface area contributed by atoms with Crippen LogP contribution in [0.3, 0.4) is 0 Å². The number of aromatic nitrogens is 1. The molecule has 14 heavy (non-hydrogen) atoms. The summed E-state index contributed by atoms with van der Waals surface area (Å²) in [6.07, 6.45) is -4.26. The van der Waals surface area contributed by atoms with Gasteiger partial charge in [-0.25, -0.2) is 4.98 Å². The summed E-state index contributed by atoms with van der Waals surface area (Å²) in [6, 6.07) is 0.696. The third kappa shape index (κ3) is 2.75. The number of rotatable bonds is 2. The molecule has 0 N–H and O–H groups in total. The molecule has 3 nitrogen and oxygen atoms in total. The van der Waals surface area contributed by atoms with Crippen molar-refractivity contribution in [1.82, 2.24) is 4.98 Å². The van der Waals surface area contributed by atoms with Crippen LogP contribution in [0, 0.1) is 5.95 Å². The van der Waals surface area contributed by atoms with Crippen molar-refractivity contribution in [2.24, 2.45) is 0 Å². The molecule has 1 heterocycles. The van der Waals surface area contributed by atoms with Gasteiger partial charge in [-0.05, 0) is 0 Å². The fourth-order valence-corrected chi connectivity index (χ4v) is 0.761. The Kier molecular flexibility index (Phi) is 2.78. The van der Waals surface area contributed by atoms with E-state index in [4.69, 9.17) is 0 Å². The van der Waals surface area contributed by atoms with E-state index in [1.165, 1.54) is 0 Å². The number of hydrogen-bond acceptors (Lipinski definition) is 3. The molecule has 0 saturated heterocycles. The van der Waals surface area contributed by atoms with Gasteiger partial charge in [-0.3, -0.25) is 0 Å². The van der Waals surface area contributed by atoms with E-state index in [0.717, 1.165) is 7.11 Å². The van der Waals surface area contributed by atoms with Crippen LogP contribution in [0.15, 0.2) is 12.3 Å². The molecule has 0 saturated carbocycles. The maximum atomic E-state index is 12.4. The number of pyridine rings is 1. The van der Waals surface area contributed by atoms with Gasteiger partial charge >= 0.3 is 6.36 Å². The molecule has 1 aromatic rings. The van der Waals surface area contributed by atoms with Crippen LogP contribution < -0.4 is 9.47 Å². The monoisotopic (exact) mass is 211 g/mol. The fraction of sp³-hybridized carbons (Fsp3) is 0.286. The molecular formula is C7H5F4NO2. The molecule has 0 amide bonds. The van der Waals surface area contributed by atoms with E-state index in [1.54, 1.807) is 0 Å². The van der Waals surface area contributed by atoms with Crippen LogP contribution in [-0.2, 0) is 0 Å². The largest absolute Gasteiger partial charge is 0.573 e. The van der Waals surface area contributed by atoms with Gasteiger partial charge in [-0.1, -0.05) is 0 Å². The summed E-state index contributed by atoms with van der Waals surface area (Å²) in [5.41, 5.74) is 0. The molecule has 0 radical (unpaired) electrons. The van der Waals surface area contributed by atoms with Crippen LogP contribution in [0.1, 0.15) is 0 Å². The smallest absolute Gasteiger partial charge is 0.493 e. The summed E-state index contributed by atoms with van der Waals surface area (Å²) in [4.78, 5) is 3.00. The molecule has 0 aromatic carbocycles. The van der Waals surface area contributed by atoms with E-state index >= 15 is 0 Å². The van der Waals surface area contributed by atoms with Gasteiger partial charge in [-0.15, -0.1) is 13.2 Å². The van der Waals surface area contributed by atoms with Crippen LogP contribution >= 0.6 is 0 Å². The summed E-state index contributed by atoms with van der Waals surface area (Å²) in [5.74, 6) is -1.99. The summed E-state index contributed by atoms with van der Waals surface area (Å²) >= 11 is 0. The lowest BCUT2D eigenvalue weighted by molar-refractivity contribution is -0.275. The van der Waals surface area contributed by atoms with E-state index in [1.807, 2.05) is 0 Å². The van der Waals surface area contributed by atoms with Crippen molar-refractivity contribution < 1.29 is 27.0 Å². The summed E-state index contributed by atoms with van der Waals surface area (Å²) < 4.78 is 55.7. The van der Waals surface area contributed by atoms with Crippen LogP contribution in [0.5, 0.6) is 11.5 Å². The Morgan fingerprint density at radius 1 is 1.29 bits per heavy atom. The van der Waals surface area contributed by atoms with Gasteiger partial charge in [0.15, 0.2) is 11.5 Å². The zero-order valence-electron chi connectivity index (χ0n) is 6.93. The topological polar surface area (TPSA) is 31.4 Å². The highest BCUT2D eigenvalue weighted by Crippen LogP contribution is 2.31. The summed E-state index contributed by atoms with van der Waals surface area (Å²) in [6.45, 7) is 0. The molecule has 0 unspecified atom stereocenters. The van der Waals surface area contributed by atoms with E-state index in [-0.39, 0.29) is 5.75 Å². The molecule has 7 heteroatoms. The lowest BCUT2D eigenvalue weighted by Gasteiger charge is -2.11. The van der Waals surface area contributed by atoms with Crippen LogP contribution in [0.4, 0.5) is 17.6 Å². The lowest BCUT2D eigenvalue weighted by atomic mass is 10.4. The van der Waals surface area contributed by atoms with E-state index in [0.29, 0.717) is 12.3 Å². The number of methoxy groups -OCH3 is 1. The number of halogens is 4. The molecule has 1 aromatic heterocycles. The third-order valence-corrected chi connectivity index (χ3v) is 1.24. The molecule has 0 spiro atoms.